The molecule has 1 aromatic carbocycles. The lowest BCUT2D eigenvalue weighted by molar-refractivity contribution is -0.123. The molecule has 1 aromatic rings. The number of ether oxygens (including phenoxy) is 2. The second-order valence-corrected chi connectivity index (χ2v) is 7.09. The Morgan fingerprint density at radius 3 is 2.96 bits per heavy atom. The van der Waals surface area contributed by atoms with Crippen LogP contribution in [0.3, 0.4) is 0 Å². The minimum atomic E-state index is -0.355. The molecule has 0 bridgehead atoms. The summed E-state index contributed by atoms with van der Waals surface area (Å²) in [4.78, 5) is 37.3. The van der Waals surface area contributed by atoms with Gasteiger partial charge in [0.25, 0.3) is 11.1 Å². The number of rotatable bonds is 6. The fraction of sp³-hybridized carbons (Fsp3) is 0.312. The zero-order valence-electron chi connectivity index (χ0n) is 13.4. The number of hydrogen-bond acceptors (Lipinski definition) is 7. The van der Waals surface area contributed by atoms with Crippen LogP contribution in [0.2, 0.25) is 0 Å². The fourth-order valence-corrected chi connectivity index (χ4v) is 3.57. The smallest absolute Gasteiger partial charge is 0.293 e. The van der Waals surface area contributed by atoms with Gasteiger partial charge >= 0.3 is 0 Å². The van der Waals surface area contributed by atoms with Gasteiger partial charge in [0.1, 0.15) is 0 Å². The molecule has 0 spiro atoms. The Morgan fingerprint density at radius 1 is 1.36 bits per heavy atom. The number of thioether (sulfide) groups is 2. The van der Waals surface area contributed by atoms with Gasteiger partial charge in [-0.1, -0.05) is 6.07 Å². The van der Waals surface area contributed by atoms with Crippen LogP contribution in [0.25, 0.3) is 6.08 Å². The first-order chi connectivity index (χ1) is 12.1. The van der Waals surface area contributed by atoms with Gasteiger partial charge in [-0.05, 0) is 41.8 Å². The first-order valence-corrected chi connectivity index (χ1v) is 9.70. The Kier molecular flexibility index (Phi) is 5.54. The maximum Gasteiger partial charge on any atom is 0.293 e. The minimum absolute atomic E-state index is 0.115. The lowest BCUT2D eigenvalue weighted by Gasteiger charge is -2.12. The third kappa shape index (κ3) is 4.10. The van der Waals surface area contributed by atoms with Crippen molar-refractivity contribution < 1.29 is 23.9 Å². The van der Waals surface area contributed by atoms with Gasteiger partial charge in [-0.3, -0.25) is 19.3 Å². The number of carbonyl (C=O) groups excluding carboxylic acids is 3. The van der Waals surface area contributed by atoms with E-state index in [0.717, 1.165) is 22.2 Å². The summed E-state index contributed by atoms with van der Waals surface area (Å²) in [6, 6.07) is 5.32. The zero-order valence-corrected chi connectivity index (χ0v) is 15.1. The van der Waals surface area contributed by atoms with Crippen LogP contribution in [0.4, 0.5) is 4.79 Å². The molecule has 0 aromatic heterocycles. The van der Waals surface area contributed by atoms with Crippen LogP contribution in [0, 0.1) is 0 Å². The molecule has 2 aliphatic rings. The van der Waals surface area contributed by atoms with E-state index in [4.69, 9.17) is 9.47 Å². The second kappa shape index (κ2) is 7.83. The number of carbonyl (C=O) groups is 3. The fourth-order valence-electron chi connectivity index (χ4n) is 2.34. The van der Waals surface area contributed by atoms with Crippen LogP contribution in [0.15, 0.2) is 23.1 Å². The molecular weight excluding hydrogens is 364 g/mol. The van der Waals surface area contributed by atoms with Crippen molar-refractivity contribution in [2.45, 2.75) is 0 Å². The SMILES string of the molecule is CSCC(=O)NCCN1C(=O)S/C(=C\c2ccc3c(c2)OCO3)C1=O. The van der Waals surface area contributed by atoms with Crippen LogP contribution >= 0.6 is 23.5 Å². The largest absolute Gasteiger partial charge is 0.454 e. The van der Waals surface area contributed by atoms with Crippen LogP contribution in [0.5, 0.6) is 11.5 Å². The Hall–Kier alpha value is -2.13. The number of nitrogens with zero attached hydrogens (tertiary/aromatic N) is 1. The highest BCUT2D eigenvalue weighted by Crippen LogP contribution is 2.36. The van der Waals surface area contributed by atoms with Crippen molar-refractivity contribution in [1.82, 2.24) is 10.2 Å². The van der Waals surface area contributed by atoms with Crippen molar-refractivity contribution in [3.05, 3.63) is 28.7 Å². The molecule has 1 N–H and O–H groups in total. The van der Waals surface area contributed by atoms with E-state index < -0.39 is 0 Å². The number of nitrogens with one attached hydrogen (secondary N) is 1. The first-order valence-electron chi connectivity index (χ1n) is 7.49. The molecule has 1 saturated heterocycles. The lowest BCUT2D eigenvalue weighted by Crippen LogP contribution is -2.37. The molecule has 2 aliphatic heterocycles. The monoisotopic (exact) mass is 380 g/mol. The number of benzene rings is 1. The highest BCUT2D eigenvalue weighted by molar-refractivity contribution is 8.18. The van der Waals surface area contributed by atoms with Gasteiger partial charge in [0, 0.05) is 13.1 Å². The van der Waals surface area contributed by atoms with Crippen molar-refractivity contribution in [1.29, 1.82) is 0 Å². The molecule has 7 nitrogen and oxygen atoms in total. The van der Waals surface area contributed by atoms with E-state index in [9.17, 15) is 14.4 Å². The third-order valence-corrected chi connectivity index (χ3v) is 4.96. The van der Waals surface area contributed by atoms with Gasteiger partial charge in [0.2, 0.25) is 12.7 Å². The van der Waals surface area contributed by atoms with Gasteiger partial charge in [-0.15, -0.1) is 0 Å². The van der Waals surface area contributed by atoms with E-state index in [1.54, 1.807) is 24.3 Å². The Labute approximate surface area is 153 Å². The summed E-state index contributed by atoms with van der Waals surface area (Å²) in [6.07, 6.45) is 3.48. The maximum absolute atomic E-state index is 12.4. The summed E-state index contributed by atoms with van der Waals surface area (Å²) in [5, 5.41) is 2.34. The molecule has 0 unspecified atom stereocenters. The molecule has 3 amide bonds. The summed E-state index contributed by atoms with van der Waals surface area (Å²) in [7, 11) is 0. The minimum Gasteiger partial charge on any atom is -0.454 e. The predicted octanol–water partition coefficient (Wildman–Crippen LogP) is 1.93. The van der Waals surface area contributed by atoms with Gasteiger partial charge < -0.3 is 14.8 Å². The quantitative estimate of drug-likeness (QED) is 0.755. The molecule has 1 fully saturated rings. The predicted molar refractivity (Wildman–Crippen MR) is 96.6 cm³/mol. The Balaban J connectivity index is 1.63. The van der Waals surface area contributed by atoms with E-state index in [0.29, 0.717) is 22.2 Å². The third-order valence-electron chi connectivity index (χ3n) is 3.50. The normalized spacial score (nSPS) is 17.5. The molecule has 25 heavy (non-hydrogen) atoms. The average molecular weight is 380 g/mol. The van der Waals surface area contributed by atoms with Gasteiger partial charge in [0.15, 0.2) is 11.5 Å². The molecule has 0 saturated carbocycles. The Bertz CT molecular complexity index is 750. The molecule has 132 valence electrons. The second-order valence-electron chi connectivity index (χ2n) is 5.23. The van der Waals surface area contributed by atoms with Crippen molar-refractivity contribution in [3.8, 4) is 11.5 Å². The number of hydrogen-bond donors (Lipinski definition) is 1. The Morgan fingerprint density at radius 2 is 2.16 bits per heavy atom. The summed E-state index contributed by atoms with van der Waals surface area (Å²) in [5.41, 5.74) is 0.753. The van der Waals surface area contributed by atoms with E-state index in [1.165, 1.54) is 11.8 Å². The molecule has 3 rings (SSSR count). The van der Waals surface area contributed by atoms with Gasteiger partial charge in [0.05, 0.1) is 10.7 Å². The summed E-state index contributed by atoms with van der Waals surface area (Å²) >= 11 is 2.30. The summed E-state index contributed by atoms with van der Waals surface area (Å²) in [6.45, 7) is 0.579. The van der Waals surface area contributed by atoms with Crippen LogP contribution in [-0.2, 0) is 9.59 Å². The van der Waals surface area contributed by atoms with Crippen molar-refractivity contribution in [2.75, 3.05) is 31.9 Å². The van der Waals surface area contributed by atoms with E-state index in [-0.39, 0.29) is 36.9 Å². The molecule has 0 radical (unpaired) electrons. The van der Waals surface area contributed by atoms with E-state index >= 15 is 0 Å². The number of amides is 3. The van der Waals surface area contributed by atoms with E-state index in [1.807, 2.05) is 6.26 Å². The maximum atomic E-state index is 12.4. The topological polar surface area (TPSA) is 84.9 Å². The molecule has 0 aliphatic carbocycles. The van der Waals surface area contributed by atoms with Crippen molar-refractivity contribution >= 4 is 46.7 Å². The van der Waals surface area contributed by atoms with Crippen molar-refractivity contribution in [2.24, 2.45) is 0 Å². The van der Waals surface area contributed by atoms with Crippen LogP contribution in [-0.4, -0.2) is 53.8 Å². The molecule has 0 atom stereocenters. The van der Waals surface area contributed by atoms with E-state index in [2.05, 4.69) is 5.32 Å². The zero-order chi connectivity index (χ0) is 17.8. The highest BCUT2D eigenvalue weighted by Gasteiger charge is 2.34. The van der Waals surface area contributed by atoms with Crippen molar-refractivity contribution in [3.63, 3.8) is 0 Å². The van der Waals surface area contributed by atoms with Crippen LogP contribution < -0.4 is 14.8 Å². The highest BCUT2D eigenvalue weighted by atomic mass is 32.2. The van der Waals surface area contributed by atoms with Gasteiger partial charge in [-0.2, -0.15) is 11.8 Å². The first kappa shape index (κ1) is 17.7. The summed E-state index contributed by atoms with van der Waals surface area (Å²) < 4.78 is 10.6. The standard InChI is InChI=1S/C16H16N2O5S2/c1-24-8-14(19)17-4-5-18-15(20)13(25-16(18)21)7-10-2-3-11-12(6-10)23-9-22-11/h2-3,6-7H,4-5,8-9H2,1H3,(H,17,19)/b13-7-. The van der Waals surface area contributed by atoms with Gasteiger partial charge in [-0.25, -0.2) is 0 Å². The number of fused-ring (bicyclic) bond motifs is 1. The van der Waals surface area contributed by atoms with Crippen LogP contribution in [0.1, 0.15) is 5.56 Å². The summed E-state index contributed by atoms with van der Waals surface area (Å²) in [5.74, 6) is 1.16. The average Bonchev–Trinajstić information content (AvgIpc) is 3.14. The lowest BCUT2D eigenvalue weighted by atomic mass is 10.2. The molecule has 2 heterocycles. The number of imide groups is 1. The molecule has 9 heteroatoms. The molecular formula is C16H16N2O5S2.